The molecule has 0 aromatic carbocycles. The van der Waals surface area contributed by atoms with Gasteiger partial charge >= 0.3 is 0 Å². The molecule has 0 aliphatic heterocycles. The summed E-state index contributed by atoms with van der Waals surface area (Å²) in [6, 6.07) is 0.194. The van der Waals surface area contributed by atoms with Gasteiger partial charge in [0.25, 0.3) is 0 Å². The maximum atomic E-state index is 12.7. The van der Waals surface area contributed by atoms with Gasteiger partial charge in [-0.2, -0.15) is 0 Å². The lowest BCUT2D eigenvalue weighted by molar-refractivity contribution is -0.142. The molecular formula is C16H32N2O2. The number of methoxy groups -OCH3 is 1. The molecule has 1 fully saturated rings. The average molecular weight is 284 g/mol. The van der Waals surface area contributed by atoms with E-state index in [2.05, 4.69) is 33.0 Å². The van der Waals surface area contributed by atoms with Crippen molar-refractivity contribution in [3.63, 3.8) is 0 Å². The van der Waals surface area contributed by atoms with Crippen LogP contribution in [-0.2, 0) is 9.53 Å². The zero-order valence-electron chi connectivity index (χ0n) is 13.8. The van der Waals surface area contributed by atoms with Crippen LogP contribution >= 0.6 is 0 Å². The fraction of sp³-hybridized carbons (Fsp3) is 0.938. The third kappa shape index (κ3) is 3.17. The van der Waals surface area contributed by atoms with E-state index in [1.165, 1.54) is 0 Å². The van der Waals surface area contributed by atoms with Gasteiger partial charge in [0.15, 0.2) is 0 Å². The molecule has 0 radical (unpaired) electrons. The number of ether oxygens (including phenoxy) is 1. The van der Waals surface area contributed by atoms with Crippen molar-refractivity contribution in [1.29, 1.82) is 0 Å². The van der Waals surface area contributed by atoms with Crippen molar-refractivity contribution in [2.45, 2.75) is 71.9 Å². The largest absolute Gasteiger partial charge is 0.381 e. The monoisotopic (exact) mass is 284 g/mol. The summed E-state index contributed by atoms with van der Waals surface area (Å²) in [6.07, 6.45) is 4.83. The standard InChI is InChI=1S/C16H32N2O2/c1-6-8-16(11-17,9-7-2)14(19)18-12-10-13(20-5)15(12,3)4/h12-13H,6-11,17H2,1-5H3,(H,18,19). The summed E-state index contributed by atoms with van der Waals surface area (Å²) in [5.41, 5.74) is 5.56. The maximum absolute atomic E-state index is 12.7. The van der Waals surface area contributed by atoms with Crippen molar-refractivity contribution < 1.29 is 9.53 Å². The van der Waals surface area contributed by atoms with E-state index >= 15 is 0 Å². The molecule has 1 amide bonds. The van der Waals surface area contributed by atoms with E-state index in [4.69, 9.17) is 10.5 Å². The van der Waals surface area contributed by atoms with E-state index < -0.39 is 5.41 Å². The first kappa shape index (κ1) is 17.4. The van der Waals surface area contributed by atoms with Crippen LogP contribution in [-0.4, -0.2) is 31.7 Å². The van der Waals surface area contributed by atoms with Gasteiger partial charge in [0.1, 0.15) is 0 Å². The number of amides is 1. The summed E-state index contributed by atoms with van der Waals surface area (Å²) in [7, 11) is 1.74. The van der Waals surface area contributed by atoms with Crippen LogP contribution in [0.15, 0.2) is 0 Å². The zero-order chi connectivity index (χ0) is 15.4. The average Bonchev–Trinajstić information content (AvgIpc) is 2.42. The van der Waals surface area contributed by atoms with Crippen LogP contribution in [0.5, 0.6) is 0 Å². The summed E-state index contributed by atoms with van der Waals surface area (Å²) < 4.78 is 5.44. The predicted octanol–water partition coefficient (Wildman–Crippen LogP) is 2.46. The fourth-order valence-electron chi connectivity index (χ4n) is 3.45. The van der Waals surface area contributed by atoms with Crippen LogP contribution in [0.25, 0.3) is 0 Å². The Morgan fingerprint density at radius 1 is 1.35 bits per heavy atom. The molecule has 1 saturated carbocycles. The number of hydrogen-bond donors (Lipinski definition) is 2. The highest BCUT2D eigenvalue weighted by molar-refractivity contribution is 5.83. The third-order valence-corrected chi connectivity index (χ3v) is 5.10. The van der Waals surface area contributed by atoms with Gasteiger partial charge in [-0.15, -0.1) is 0 Å². The maximum Gasteiger partial charge on any atom is 0.227 e. The van der Waals surface area contributed by atoms with Crippen molar-refractivity contribution in [2.75, 3.05) is 13.7 Å². The van der Waals surface area contributed by atoms with E-state index in [9.17, 15) is 4.79 Å². The van der Waals surface area contributed by atoms with Crippen molar-refractivity contribution >= 4 is 5.91 Å². The summed E-state index contributed by atoms with van der Waals surface area (Å²) in [5.74, 6) is 0.135. The van der Waals surface area contributed by atoms with Gasteiger partial charge < -0.3 is 15.8 Å². The van der Waals surface area contributed by atoms with Crippen LogP contribution in [0, 0.1) is 10.8 Å². The Morgan fingerprint density at radius 2 is 1.90 bits per heavy atom. The van der Waals surface area contributed by atoms with Crippen LogP contribution in [0.1, 0.15) is 59.8 Å². The Kier molecular flexibility index (Phi) is 6.02. The number of nitrogens with one attached hydrogen (secondary N) is 1. The number of rotatable bonds is 8. The Bertz CT molecular complexity index is 322. The smallest absolute Gasteiger partial charge is 0.227 e. The van der Waals surface area contributed by atoms with Gasteiger partial charge in [-0.25, -0.2) is 0 Å². The second-order valence-corrected chi connectivity index (χ2v) is 6.79. The van der Waals surface area contributed by atoms with Gasteiger partial charge in [0, 0.05) is 25.1 Å². The van der Waals surface area contributed by atoms with Crippen LogP contribution in [0.2, 0.25) is 0 Å². The molecule has 0 aromatic rings. The first-order valence-corrected chi connectivity index (χ1v) is 7.91. The van der Waals surface area contributed by atoms with Crippen molar-refractivity contribution in [2.24, 2.45) is 16.6 Å². The van der Waals surface area contributed by atoms with E-state index in [0.717, 1.165) is 32.1 Å². The van der Waals surface area contributed by atoms with Gasteiger partial charge in [-0.05, 0) is 19.3 Å². The molecule has 4 nitrogen and oxygen atoms in total. The minimum absolute atomic E-state index is 0.00315. The minimum atomic E-state index is -0.391. The molecule has 1 rings (SSSR count). The molecule has 4 heteroatoms. The first-order valence-electron chi connectivity index (χ1n) is 7.91. The lowest BCUT2D eigenvalue weighted by atomic mass is 9.64. The lowest BCUT2D eigenvalue weighted by Gasteiger charge is -2.52. The Labute approximate surface area is 123 Å². The summed E-state index contributed by atoms with van der Waals surface area (Å²) in [6.45, 7) is 8.96. The molecule has 1 aliphatic carbocycles. The van der Waals surface area contributed by atoms with Crippen molar-refractivity contribution in [1.82, 2.24) is 5.32 Å². The van der Waals surface area contributed by atoms with E-state index in [1.807, 2.05) is 0 Å². The van der Waals surface area contributed by atoms with Crippen molar-refractivity contribution in [3.8, 4) is 0 Å². The Morgan fingerprint density at radius 3 is 2.25 bits per heavy atom. The summed E-state index contributed by atoms with van der Waals surface area (Å²) in [4.78, 5) is 12.7. The highest BCUT2D eigenvalue weighted by Crippen LogP contribution is 2.43. The normalized spacial score (nSPS) is 25.1. The second kappa shape index (κ2) is 6.90. The number of carbonyl (C=O) groups excluding carboxylic acids is 1. The fourth-order valence-corrected chi connectivity index (χ4v) is 3.45. The minimum Gasteiger partial charge on any atom is -0.381 e. The van der Waals surface area contributed by atoms with E-state index in [0.29, 0.717) is 6.54 Å². The molecule has 118 valence electrons. The lowest BCUT2D eigenvalue weighted by Crippen LogP contribution is -2.64. The van der Waals surface area contributed by atoms with Crippen LogP contribution < -0.4 is 11.1 Å². The Balaban J connectivity index is 2.73. The molecule has 0 heterocycles. The molecule has 1 aliphatic rings. The molecule has 0 saturated heterocycles. The molecule has 2 atom stereocenters. The molecular weight excluding hydrogens is 252 g/mol. The van der Waals surface area contributed by atoms with Gasteiger partial charge in [0.2, 0.25) is 5.91 Å². The van der Waals surface area contributed by atoms with Gasteiger partial charge in [0.05, 0.1) is 11.5 Å². The zero-order valence-corrected chi connectivity index (χ0v) is 13.8. The molecule has 2 unspecified atom stereocenters. The van der Waals surface area contributed by atoms with Crippen LogP contribution in [0.4, 0.5) is 0 Å². The quantitative estimate of drug-likeness (QED) is 0.719. The molecule has 0 bridgehead atoms. The molecule has 20 heavy (non-hydrogen) atoms. The predicted molar refractivity (Wildman–Crippen MR) is 82.4 cm³/mol. The highest BCUT2D eigenvalue weighted by atomic mass is 16.5. The Hall–Kier alpha value is -0.610. The third-order valence-electron chi connectivity index (χ3n) is 5.10. The summed E-state index contributed by atoms with van der Waals surface area (Å²) >= 11 is 0. The highest BCUT2D eigenvalue weighted by Gasteiger charge is 2.50. The second-order valence-electron chi connectivity index (χ2n) is 6.79. The number of carbonyl (C=O) groups is 1. The van der Waals surface area contributed by atoms with Crippen LogP contribution in [0.3, 0.4) is 0 Å². The molecule has 0 aromatic heterocycles. The van der Waals surface area contributed by atoms with E-state index in [-0.39, 0.29) is 23.5 Å². The van der Waals surface area contributed by atoms with Gasteiger partial charge in [-0.1, -0.05) is 40.5 Å². The van der Waals surface area contributed by atoms with Crippen molar-refractivity contribution in [3.05, 3.63) is 0 Å². The number of hydrogen-bond acceptors (Lipinski definition) is 3. The summed E-state index contributed by atoms with van der Waals surface area (Å²) in [5, 5.41) is 3.23. The van der Waals surface area contributed by atoms with E-state index in [1.54, 1.807) is 7.11 Å². The topological polar surface area (TPSA) is 64.4 Å². The molecule has 3 N–H and O–H groups in total. The number of nitrogens with two attached hydrogens (primary N) is 1. The van der Waals surface area contributed by atoms with Gasteiger partial charge in [-0.3, -0.25) is 4.79 Å². The SMILES string of the molecule is CCCC(CN)(CCC)C(=O)NC1CC(OC)C1(C)C. The molecule has 0 spiro atoms. The first-order chi connectivity index (χ1) is 9.37.